The van der Waals surface area contributed by atoms with Crippen molar-refractivity contribution in [3.05, 3.63) is 22.0 Å². The number of aryl methyl sites for hydroxylation is 2. The summed E-state index contributed by atoms with van der Waals surface area (Å²) in [6.45, 7) is 3.82. The lowest BCUT2D eigenvalue weighted by atomic mass is 10.1. The number of carbonyl (C=O) groups excluding carboxylic acids is 1. The van der Waals surface area contributed by atoms with Crippen molar-refractivity contribution in [1.29, 1.82) is 0 Å². The maximum Gasteiger partial charge on any atom is 0.253 e. The molecule has 1 aliphatic carbocycles. The Bertz CT molecular complexity index is 960. The lowest BCUT2D eigenvalue weighted by Gasteiger charge is -2.09. The monoisotopic (exact) mass is 375 g/mol. The topological polar surface area (TPSA) is 98.0 Å². The molecule has 0 bridgehead atoms. The number of nitrogens with zero attached hydrogens (tertiary/aromatic N) is 6. The van der Waals surface area contributed by atoms with Crippen LogP contribution in [0.4, 0.5) is 5.13 Å². The third kappa shape index (κ3) is 3.23. The van der Waals surface area contributed by atoms with Crippen LogP contribution in [0.1, 0.15) is 40.7 Å². The van der Waals surface area contributed by atoms with Crippen LogP contribution in [0, 0.1) is 13.8 Å². The number of anilines is 1. The number of fused-ring (bicyclic) bond motifs is 1. The lowest BCUT2D eigenvalue weighted by molar-refractivity contribution is -0.115. The zero-order chi connectivity index (χ0) is 17.6. The molecule has 0 aromatic carbocycles. The highest BCUT2D eigenvalue weighted by molar-refractivity contribution is 7.98. The van der Waals surface area contributed by atoms with Gasteiger partial charge >= 0.3 is 0 Å². The van der Waals surface area contributed by atoms with E-state index in [0.717, 1.165) is 22.0 Å². The van der Waals surface area contributed by atoms with E-state index in [4.69, 9.17) is 0 Å². The Morgan fingerprint density at radius 1 is 1.32 bits per heavy atom. The van der Waals surface area contributed by atoms with Gasteiger partial charge in [0.25, 0.3) is 5.78 Å². The second kappa shape index (κ2) is 6.34. The van der Waals surface area contributed by atoms with E-state index in [1.165, 1.54) is 35.9 Å². The second-order valence-electron chi connectivity index (χ2n) is 6.02. The van der Waals surface area contributed by atoms with Crippen molar-refractivity contribution in [1.82, 2.24) is 29.8 Å². The average molecular weight is 375 g/mol. The zero-order valence-electron chi connectivity index (χ0n) is 14.1. The first-order chi connectivity index (χ1) is 12.0. The van der Waals surface area contributed by atoms with Gasteiger partial charge in [0.1, 0.15) is 5.01 Å². The summed E-state index contributed by atoms with van der Waals surface area (Å²) in [5.74, 6) is 0.968. The van der Waals surface area contributed by atoms with Crippen molar-refractivity contribution in [2.75, 3.05) is 11.6 Å². The normalized spacial score (nSPS) is 14.2. The van der Waals surface area contributed by atoms with E-state index >= 15 is 0 Å². The molecule has 1 amide bonds. The number of thioether (sulfide) groups is 1. The largest absolute Gasteiger partial charge is 0.300 e. The maximum atomic E-state index is 12.4. The van der Waals surface area contributed by atoms with E-state index in [2.05, 4.69) is 30.6 Å². The molecular formula is C15H17N7OS2. The van der Waals surface area contributed by atoms with Crippen LogP contribution in [-0.2, 0) is 11.2 Å². The third-order valence-electron chi connectivity index (χ3n) is 4.16. The number of amides is 1. The quantitative estimate of drug-likeness (QED) is 0.684. The summed E-state index contributed by atoms with van der Waals surface area (Å²) in [6.07, 6.45) is 4.47. The first kappa shape index (κ1) is 16.4. The molecule has 0 unspecified atom stereocenters. The Morgan fingerprint density at radius 2 is 2.12 bits per heavy atom. The molecule has 0 aliphatic heterocycles. The van der Waals surface area contributed by atoms with Crippen molar-refractivity contribution < 1.29 is 4.79 Å². The number of nitrogens with one attached hydrogen (secondary N) is 1. The molecule has 25 heavy (non-hydrogen) atoms. The molecule has 0 atom stereocenters. The molecule has 1 fully saturated rings. The van der Waals surface area contributed by atoms with Crippen LogP contribution in [0.2, 0.25) is 0 Å². The summed E-state index contributed by atoms with van der Waals surface area (Å²) in [4.78, 5) is 21.3. The number of aromatic nitrogens is 6. The minimum absolute atomic E-state index is 0.129. The highest BCUT2D eigenvalue weighted by atomic mass is 32.2. The molecule has 130 valence electrons. The highest BCUT2D eigenvalue weighted by Gasteiger charge is 2.27. The van der Waals surface area contributed by atoms with Gasteiger partial charge in [0.15, 0.2) is 0 Å². The van der Waals surface area contributed by atoms with Gasteiger partial charge in [-0.05, 0) is 32.9 Å². The maximum absolute atomic E-state index is 12.4. The van der Waals surface area contributed by atoms with E-state index in [0.29, 0.717) is 22.0 Å². The van der Waals surface area contributed by atoms with Gasteiger partial charge < -0.3 is 5.32 Å². The van der Waals surface area contributed by atoms with Crippen LogP contribution in [0.5, 0.6) is 0 Å². The van der Waals surface area contributed by atoms with Crippen molar-refractivity contribution in [2.45, 2.75) is 44.2 Å². The molecule has 1 aliphatic rings. The molecule has 3 aromatic rings. The molecule has 3 aromatic heterocycles. The minimum atomic E-state index is -0.129. The number of carbonyl (C=O) groups is 1. The SMILES string of the molecule is CSc1nc2nc(C)c(CC(=O)Nc3nnc(C4CC4)s3)c(C)n2n1. The van der Waals surface area contributed by atoms with Crippen molar-refractivity contribution in [2.24, 2.45) is 0 Å². The van der Waals surface area contributed by atoms with Crippen LogP contribution >= 0.6 is 23.1 Å². The average Bonchev–Trinajstić information content (AvgIpc) is 3.19. The molecular weight excluding hydrogens is 358 g/mol. The number of hydrogen-bond donors (Lipinski definition) is 1. The molecule has 10 heteroatoms. The Labute approximate surface area is 152 Å². The Morgan fingerprint density at radius 3 is 2.84 bits per heavy atom. The van der Waals surface area contributed by atoms with Crippen LogP contribution in [0.25, 0.3) is 5.78 Å². The molecule has 1 N–H and O–H groups in total. The standard InChI is InChI=1S/C15H17N7OS2/c1-7-10(8(2)22-13(16-7)18-15(21-22)24-3)6-11(23)17-14-20-19-12(25-14)9-4-5-9/h9H,4-6H2,1-3H3,(H,17,20,23). The van der Waals surface area contributed by atoms with Crippen molar-refractivity contribution in [3.8, 4) is 0 Å². The van der Waals surface area contributed by atoms with Crippen LogP contribution in [0.3, 0.4) is 0 Å². The Balaban J connectivity index is 1.55. The van der Waals surface area contributed by atoms with E-state index in [1.54, 1.807) is 4.52 Å². The fourth-order valence-electron chi connectivity index (χ4n) is 2.64. The van der Waals surface area contributed by atoms with Gasteiger partial charge in [0.2, 0.25) is 16.2 Å². The summed E-state index contributed by atoms with van der Waals surface area (Å²) in [6, 6.07) is 0. The van der Waals surface area contributed by atoms with Crippen LogP contribution in [-0.4, -0.2) is 41.9 Å². The van der Waals surface area contributed by atoms with Crippen LogP contribution < -0.4 is 5.32 Å². The van der Waals surface area contributed by atoms with Crippen molar-refractivity contribution >= 4 is 39.9 Å². The zero-order valence-corrected chi connectivity index (χ0v) is 15.7. The minimum Gasteiger partial charge on any atom is -0.300 e. The molecule has 8 nitrogen and oxygen atoms in total. The summed E-state index contributed by atoms with van der Waals surface area (Å²) < 4.78 is 1.69. The number of hydrogen-bond acceptors (Lipinski definition) is 8. The van der Waals surface area contributed by atoms with Gasteiger partial charge in [-0.3, -0.25) is 4.79 Å². The molecule has 0 radical (unpaired) electrons. The van der Waals surface area contributed by atoms with Gasteiger partial charge in [0, 0.05) is 22.9 Å². The van der Waals surface area contributed by atoms with Gasteiger partial charge in [-0.25, -0.2) is 9.50 Å². The van der Waals surface area contributed by atoms with Gasteiger partial charge in [-0.2, -0.15) is 4.98 Å². The predicted octanol–water partition coefficient (Wildman–Crippen LogP) is 2.37. The van der Waals surface area contributed by atoms with Gasteiger partial charge in [0.05, 0.1) is 6.42 Å². The van der Waals surface area contributed by atoms with Gasteiger partial charge in [-0.15, -0.1) is 15.3 Å². The third-order valence-corrected chi connectivity index (χ3v) is 5.70. The van der Waals surface area contributed by atoms with Crippen molar-refractivity contribution in [3.63, 3.8) is 0 Å². The predicted molar refractivity (Wildman–Crippen MR) is 96.3 cm³/mol. The Kier molecular flexibility index (Phi) is 4.16. The lowest BCUT2D eigenvalue weighted by Crippen LogP contribution is -2.17. The highest BCUT2D eigenvalue weighted by Crippen LogP contribution is 2.42. The molecule has 0 saturated heterocycles. The molecule has 0 spiro atoms. The molecule has 4 rings (SSSR count). The van der Waals surface area contributed by atoms with E-state index < -0.39 is 0 Å². The van der Waals surface area contributed by atoms with E-state index in [-0.39, 0.29) is 12.3 Å². The first-order valence-electron chi connectivity index (χ1n) is 7.95. The summed E-state index contributed by atoms with van der Waals surface area (Å²) in [5.41, 5.74) is 2.52. The van der Waals surface area contributed by atoms with Crippen LogP contribution in [0.15, 0.2) is 5.16 Å². The number of rotatable bonds is 5. The van der Waals surface area contributed by atoms with E-state index in [9.17, 15) is 4.79 Å². The Hall–Kier alpha value is -2.07. The smallest absolute Gasteiger partial charge is 0.253 e. The molecule has 3 heterocycles. The summed E-state index contributed by atoms with van der Waals surface area (Å²) in [7, 11) is 0. The second-order valence-corrected chi connectivity index (χ2v) is 7.80. The van der Waals surface area contributed by atoms with Gasteiger partial charge in [-0.1, -0.05) is 23.1 Å². The first-order valence-corrected chi connectivity index (χ1v) is 9.99. The fourth-order valence-corrected chi connectivity index (χ4v) is 3.90. The summed E-state index contributed by atoms with van der Waals surface area (Å²) >= 11 is 2.92. The van der Waals surface area contributed by atoms with E-state index in [1.807, 2.05) is 20.1 Å². The fraction of sp³-hybridized carbons (Fsp3) is 0.467. The molecule has 1 saturated carbocycles. The summed E-state index contributed by atoms with van der Waals surface area (Å²) in [5, 5.41) is 17.7.